The summed E-state index contributed by atoms with van der Waals surface area (Å²) in [5.41, 5.74) is 3.46. The van der Waals surface area contributed by atoms with Crippen LogP contribution in [0, 0.1) is 13.8 Å². The fraction of sp³-hybridized carbons (Fsp3) is 0.222. The zero-order chi connectivity index (χ0) is 15.9. The second-order valence-corrected chi connectivity index (χ2v) is 5.20. The van der Waals surface area contributed by atoms with Crippen LogP contribution in [-0.2, 0) is 9.53 Å². The Bertz CT molecular complexity index is 662. The van der Waals surface area contributed by atoms with Crippen molar-refractivity contribution in [2.45, 2.75) is 13.8 Å². The number of rotatable bonds is 6. The van der Waals surface area contributed by atoms with Crippen LogP contribution < -0.4 is 5.32 Å². The minimum Gasteiger partial charge on any atom is -0.363 e. The quantitative estimate of drug-likeness (QED) is 0.833. The van der Waals surface area contributed by atoms with E-state index in [-0.39, 0.29) is 24.9 Å². The van der Waals surface area contributed by atoms with Gasteiger partial charge in [-0.25, -0.2) is 0 Å². The van der Waals surface area contributed by atoms with E-state index in [2.05, 4.69) is 5.32 Å². The summed E-state index contributed by atoms with van der Waals surface area (Å²) in [6.45, 7) is 3.66. The van der Waals surface area contributed by atoms with Crippen LogP contribution in [-0.4, -0.2) is 24.9 Å². The van der Waals surface area contributed by atoms with Crippen LogP contribution in [0.15, 0.2) is 48.5 Å². The molecule has 2 aromatic carbocycles. The number of hydrogen-bond donors (Lipinski definition) is 1. The van der Waals surface area contributed by atoms with Crippen LogP contribution in [0.1, 0.15) is 21.5 Å². The Labute approximate surface area is 130 Å². The van der Waals surface area contributed by atoms with Crippen molar-refractivity contribution in [3.05, 3.63) is 65.2 Å². The first-order valence-corrected chi connectivity index (χ1v) is 7.09. The number of nitrogens with one attached hydrogen (secondary N) is 1. The van der Waals surface area contributed by atoms with Crippen LogP contribution in [0.25, 0.3) is 0 Å². The predicted octanol–water partition coefficient (Wildman–Crippen LogP) is 3.14. The van der Waals surface area contributed by atoms with Gasteiger partial charge in [0.1, 0.15) is 13.2 Å². The molecule has 0 fully saturated rings. The van der Waals surface area contributed by atoms with Crippen LogP contribution in [0.5, 0.6) is 0 Å². The third-order valence-corrected chi connectivity index (χ3v) is 3.14. The molecular weight excluding hydrogens is 278 g/mol. The molecule has 0 aliphatic carbocycles. The molecule has 0 bridgehead atoms. The van der Waals surface area contributed by atoms with Gasteiger partial charge in [0, 0.05) is 11.3 Å². The number of amides is 1. The summed E-state index contributed by atoms with van der Waals surface area (Å²) in [5.74, 6) is -0.411. The number of carbonyl (C=O) groups excluding carboxylic acids is 2. The summed E-state index contributed by atoms with van der Waals surface area (Å²) in [5, 5.41) is 2.73. The Morgan fingerprint density at radius 3 is 2.36 bits per heavy atom. The van der Waals surface area contributed by atoms with E-state index in [1.807, 2.05) is 50.2 Å². The molecule has 0 aliphatic heterocycles. The summed E-state index contributed by atoms with van der Waals surface area (Å²) >= 11 is 0. The lowest BCUT2D eigenvalue weighted by molar-refractivity contribution is -0.120. The highest BCUT2D eigenvalue weighted by molar-refractivity contribution is 5.97. The SMILES string of the molecule is Cc1ccc(C(=O)COCC(=O)Nc2cccc(C)c2)cc1. The minimum absolute atomic E-state index is 0.107. The van der Waals surface area contributed by atoms with Gasteiger partial charge in [-0.15, -0.1) is 0 Å². The van der Waals surface area contributed by atoms with E-state index in [0.717, 1.165) is 16.8 Å². The maximum atomic E-state index is 11.9. The van der Waals surface area contributed by atoms with E-state index >= 15 is 0 Å². The average Bonchev–Trinajstić information content (AvgIpc) is 2.47. The van der Waals surface area contributed by atoms with Crippen molar-refractivity contribution in [1.29, 1.82) is 0 Å². The van der Waals surface area contributed by atoms with Crippen LogP contribution in [0.2, 0.25) is 0 Å². The molecule has 2 aromatic rings. The number of carbonyl (C=O) groups is 2. The van der Waals surface area contributed by atoms with Crippen molar-refractivity contribution in [3.8, 4) is 0 Å². The first-order valence-electron chi connectivity index (χ1n) is 7.09. The number of Topliss-reactive ketones (excluding diaryl/α,β-unsaturated/α-hetero) is 1. The lowest BCUT2D eigenvalue weighted by Crippen LogP contribution is -2.21. The molecule has 0 radical (unpaired) electrons. The Balaban J connectivity index is 1.77. The monoisotopic (exact) mass is 297 g/mol. The Kier molecular flexibility index (Phi) is 5.44. The van der Waals surface area contributed by atoms with Crippen LogP contribution >= 0.6 is 0 Å². The molecule has 2 rings (SSSR count). The molecule has 114 valence electrons. The molecule has 0 aromatic heterocycles. The molecule has 0 atom stereocenters. The van der Waals surface area contributed by atoms with E-state index in [0.29, 0.717) is 5.56 Å². The lowest BCUT2D eigenvalue weighted by atomic mass is 10.1. The molecular formula is C18H19NO3. The van der Waals surface area contributed by atoms with Crippen molar-refractivity contribution in [3.63, 3.8) is 0 Å². The smallest absolute Gasteiger partial charge is 0.250 e. The topological polar surface area (TPSA) is 55.4 Å². The zero-order valence-corrected chi connectivity index (χ0v) is 12.8. The summed E-state index contributed by atoms with van der Waals surface area (Å²) in [4.78, 5) is 23.6. The number of hydrogen-bond acceptors (Lipinski definition) is 3. The summed E-state index contributed by atoms with van der Waals surface area (Å²) in [6, 6.07) is 14.8. The molecule has 4 heteroatoms. The van der Waals surface area contributed by atoms with E-state index in [9.17, 15) is 9.59 Å². The van der Waals surface area contributed by atoms with Gasteiger partial charge >= 0.3 is 0 Å². The molecule has 0 saturated carbocycles. The predicted molar refractivity (Wildman–Crippen MR) is 86.1 cm³/mol. The van der Waals surface area contributed by atoms with Crippen molar-refractivity contribution >= 4 is 17.4 Å². The molecule has 4 nitrogen and oxygen atoms in total. The first kappa shape index (κ1) is 15.9. The molecule has 0 unspecified atom stereocenters. The van der Waals surface area contributed by atoms with Gasteiger partial charge in [0.05, 0.1) is 0 Å². The number of ether oxygens (including phenoxy) is 1. The number of benzene rings is 2. The Hall–Kier alpha value is -2.46. The van der Waals surface area contributed by atoms with Gasteiger partial charge in [-0.2, -0.15) is 0 Å². The van der Waals surface area contributed by atoms with E-state index in [4.69, 9.17) is 4.74 Å². The van der Waals surface area contributed by atoms with Crippen molar-refractivity contribution in [2.75, 3.05) is 18.5 Å². The van der Waals surface area contributed by atoms with Crippen molar-refractivity contribution in [1.82, 2.24) is 0 Å². The molecule has 22 heavy (non-hydrogen) atoms. The first-order chi connectivity index (χ1) is 10.5. The molecule has 1 N–H and O–H groups in total. The zero-order valence-electron chi connectivity index (χ0n) is 12.8. The normalized spacial score (nSPS) is 10.3. The number of anilines is 1. The second-order valence-electron chi connectivity index (χ2n) is 5.20. The Morgan fingerprint density at radius 2 is 1.68 bits per heavy atom. The lowest BCUT2D eigenvalue weighted by Gasteiger charge is -2.07. The maximum Gasteiger partial charge on any atom is 0.250 e. The van der Waals surface area contributed by atoms with E-state index in [1.165, 1.54) is 0 Å². The highest BCUT2D eigenvalue weighted by atomic mass is 16.5. The van der Waals surface area contributed by atoms with Crippen LogP contribution in [0.4, 0.5) is 5.69 Å². The van der Waals surface area contributed by atoms with Gasteiger partial charge in [0.15, 0.2) is 5.78 Å². The summed E-state index contributed by atoms with van der Waals surface area (Å²) < 4.78 is 5.18. The highest BCUT2D eigenvalue weighted by Crippen LogP contribution is 2.09. The fourth-order valence-corrected chi connectivity index (χ4v) is 1.98. The highest BCUT2D eigenvalue weighted by Gasteiger charge is 2.08. The molecule has 1 amide bonds. The van der Waals surface area contributed by atoms with Gasteiger partial charge in [-0.05, 0) is 31.5 Å². The number of aryl methyl sites for hydroxylation is 2. The molecule has 0 saturated heterocycles. The van der Waals surface area contributed by atoms with Crippen molar-refractivity contribution in [2.24, 2.45) is 0 Å². The minimum atomic E-state index is -0.276. The van der Waals surface area contributed by atoms with Gasteiger partial charge in [0.25, 0.3) is 0 Å². The fourth-order valence-electron chi connectivity index (χ4n) is 1.98. The van der Waals surface area contributed by atoms with Crippen molar-refractivity contribution < 1.29 is 14.3 Å². The van der Waals surface area contributed by atoms with E-state index in [1.54, 1.807) is 12.1 Å². The largest absolute Gasteiger partial charge is 0.363 e. The maximum absolute atomic E-state index is 11.9. The van der Waals surface area contributed by atoms with Crippen LogP contribution in [0.3, 0.4) is 0 Å². The summed E-state index contributed by atoms with van der Waals surface area (Å²) in [7, 11) is 0. The van der Waals surface area contributed by atoms with Gasteiger partial charge in [0.2, 0.25) is 5.91 Å². The second kappa shape index (κ2) is 7.52. The molecule has 0 heterocycles. The van der Waals surface area contributed by atoms with E-state index < -0.39 is 0 Å². The summed E-state index contributed by atoms with van der Waals surface area (Å²) in [6.07, 6.45) is 0. The molecule has 0 aliphatic rings. The number of ketones is 1. The standard InChI is InChI=1S/C18H19NO3/c1-13-6-8-15(9-7-13)17(20)11-22-12-18(21)19-16-5-3-4-14(2)10-16/h3-10H,11-12H2,1-2H3,(H,19,21). The van der Waals surface area contributed by atoms with Gasteiger partial charge in [-0.3, -0.25) is 9.59 Å². The third kappa shape index (κ3) is 4.82. The van der Waals surface area contributed by atoms with Gasteiger partial charge < -0.3 is 10.1 Å². The Morgan fingerprint density at radius 1 is 0.955 bits per heavy atom. The molecule has 0 spiro atoms. The van der Waals surface area contributed by atoms with Gasteiger partial charge in [-0.1, -0.05) is 42.0 Å². The average molecular weight is 297 g/mol. The third-order valence-electron chi connectivity index (χ3n) is 3.14.